The summed E-state index contributed by atoms with van der Waals surface area (Å²) in [6.07, 6.45) is 2.44. The maximum absolute atomic E-state index is 15.1. The first-order valence-electron chi connectivity index (χ1n) is 13.4. The van der Waals surface area contributed by atoms with E-state index in [2.05, 4.69) is 42.6 Å². The highest BCUT2D eigenvalue weighted by Crippen LogP contribution is 2.53. The van der Waals surface area contributed by atoms with Crippen molar-refractivity contribution in [1.29, 1.82) is 0 Å². The minimum absolute atomic E-state index is 0.0281. The van der Waals surface area contributed by atoms with Gasteiger partial charge in [-0.2, -0.15) is 4.98 Å². The molecule has 0 radical (unpaired) electrons. The highest BCUT2D eigenvalue weighted by molar-refractivity contribution is 8.07. The molecular formula is C23H25F2N9O9P2S2. The van der Waals surface area contributed by atoms with Crippen LogP contribution in [0.3, 0.4) is 0 Å². The van der Waals surface area contributed by atoms with Crippen molar-refractivity contribution >= 4 is 71.0 Å². The Labute approximate surface area is 272 Å². The lowest BCUT2D eigenvalue weighted by molar-refractivity contribution is -0.0843. The average molecular weight is 736 g/mol. The maximum Gasteiger partial charge on any atom is 0.325 e. The van der Waals surface area contributed by atoms with Crippen LogP contribution in [0.15, 0.2) is 23.6 Å². The van der Waals surface area contributed by atoms with Gasteiger partial charge in [0.05, 0.1) is 24.9 Å². The molecule has 252 valence electrons. The zero-order chi connectivity index (χ0) is 33.9. The smallest absolute Gasteiger partial charge is 0.325 e. The lowest BCUT2D eigenvalue weighted by Gasteiger charge is -2.31. The Bertz CT molecular complexity index is 2060. The summed E-state index contributed by atoms with van der Waals surface area (Å²) in [5.74, 6) is 1.24. The number of imidazole rings is 1. The van der Waals surface area contributed by atoms with Gasteiger partial charge in [-0.15, -0.1) is 6.42 Å². The molecule has 18 nitrogen and oxygen atoms in total. The summed E-state index contributed by atoms with van der Waals surface area (Å²) in [4.78, 5) is 60.8. The zero-order valence-electron chi connectivity index (χ0n) is 23.6. The number of halogens is 2. The van der Waals surface area contributed by atoms with Crippen molar-refractivity contribution in [1.82, 2.24) is 34.1 Å². The molecule has 2 fully saturated rings. The van der Waals surface area contributed by atoms with Gasteiger partial charge >= 0.3 is 13.4 Å². The van der Waals surface area contributed by atoms with Gasteiger partial charge in [0.2, 0.25) is 5.95 Å². The Hall–Kier alpha value is -3.03. The third kappa shape index (κ3) is 6.67. The molecule has 2 aliphatic rings. The molecule has 1 unspecified atom stereocenters. The number of terminal acetylenes is 1. The zero-order valence-corrected chi connectivity index (χ0v) is 27.0. The number of rotatable bonds is 10. The highest BCUT2D eigenvalue weighted by Gasteiger charge is 2.53. The molecule has 0 amide bonds. The fraction of sp³-hybridized carbons (Fsp3) is 0.435. The average Bonchev–Trinajstić information content (AvgIpc) is 3.74. The monoisotopic (exact) mass is 735 g/mol. The van der Waals surface area contributed by atoms with Crippen LogP contribution in [0, 0.1) is 18.2 Å². The molecule has 0 aliphatic carbocycles. The molecule has 0 saturated carbocycles. The van der Waals surface area contributed by atoms with E-state index in [1.165, 1.54) is 15.5 Å². The summed E-state index contributed by atoms with van der Waals surface area (Å²) in [5.41, 5.74) is 8.97. The third-order valence-electron chi connectivity index (χ3n) is 7.46. The van der Waals surface area contributed by atoms with Gasteiger partial charge in [0, 0.05) is 19.0 Å². The van der Waals surface area contributed by atoms with Crippen molar-refractivity contribution in [3.8, 4) is 12.3 Å². The lowest BCUT2D eigenvalue weighted by atomic mass is 9.99. The molecule has 8 N–H and O–H groups in total. The van der Waals surface area contributed by atoms with E-state index in [0.717, 1.165) is 12.5 Å². The Balaban J connectivity index is 1.20. The molecule has 7 atom stereocenters. The number of hydrogen-bond acceptors (Lipinski definition) is 14. The molecule has 0 spiro atoms. The van der Waals surface area contributed by atoms with E-state index in [-0.39, 0.29) is 46.8 Å². The Kier molecular flexibility index (Phi) is 8.97. The van der Waals surface area contributed by atoms with Gasteiger partial charge in [0.15, 0.2) is 28.2 Å². The second-order valence-corrected chi connectivity index (χ2v) is 15.9. The van der Waals surface area contributed by atoms with Gasteiger partial charge in [-0.05, 0) is 23.6 Å². The van der Waals surface area contributed by atoms with E-state index < -0.39 is 74.5 Å². The lowest BCUT2D eigenvalue weighted by Crippen LogP contribution is -2.43. The third-order valence-corrected chi connectivity index (χ3v) is 9.81. The summed E-state index contributed by atoms with van der Waals surface area (Å²) in [5, 5.41) is -0.0924. The van der Waals surface area contributed by atoms with Crippen molar-refractivity contribution in [2.45, 2.75) is 49.3 Å². The van der Waals surface area contributed by atoms with Crippen LogP contribution < -0.4 is 17.0 Å². The molecule has 0 aromatic carbocycles. The van der Waals surface area contributed by atoms with Gasteiger partial charge in [0.25, 0.3) is 5.56 Å². The van der Waals surface area contributed by atoms with E-state index in [4.69, 9.17) is 52.7 Å². The van der Waals surface area contributed by atoms with Crippen LogP contribution in [0.25, 0.3) is 22.2 Å². The minimum atomic E-state index is -4.29. The van der Waals surface area contributed by atoms with Crippen molar-refractivity contribution in [3.05, 3.63) is 35.0 Å². The van der Waals surface area contributed by atoms with Crippen LogP contribution in [0.4, 0.5) is 20.5 Å². The van der Waals surface area contributed by atoms with Crippen molar-refractivity contribution in [2.75, 3.05) is 24.7 Å². The Morgan fingerprint density at radius 2 is 1.94 bits per heavy atom. The van der Waals surface area contributed by atoms with Crippen LogP contribution >= 0.6 is 13.4 Å². The van der Waals surface area contributed by atoms with Gasteiger partial charge in [-0.25, -0.2) is 23.7 Å². The van der Waals surface area contributed by atoms with E-state index in [9.17, 15) is 23.9 Å². The van der Waals surface area contributed by atoms with E-state index >= 15 is 4.39 Å². The number of ether oxygens (including phenoxy) is 2. The van der Waals surface area contributed by atoms with Crippen LogP contribution in [0.5, 0.6) is 0 Å². The highest BCUT2D eigenvalue weighted by atomic mass is 32.5. The first-order chi connectivity index (χ1) is 22.1. The van der Waals surface area contributed by atoms with Gasteiger partial charge in [-0.3, -0.25) is 14.3 Å². The largest absolute Gasteiger partial charge is 0.383 e. The molecule has 0 bridgehead atoms. The Morgan fingerprint density at radius 3 is 2.66 bits per heavy atom. The topological polar surface area (TPSA) is 253 Å². The number of aromatic nitrogens is 7. The SMILES string of the molecule is C#C[C@]1(COP(O)(O)=S)O[C@@H](n2cc(F)c3c(N)ncnc32)C[C@@H]1OP(O)(=S)OC[C@H]1O[C@@H](n2cnc3c(=O)[nH]c(N)nc32)C[C@@H]1F. The second-order valence-electron chi connectivity index (χ2n) is 10.5. The summed E-state index contributed by atoms with van der Waals surface area (Å²) in [6.45, 7) is -9.89. The number of H-pyrrole nitrogens is 1. The van der Waals surface area contributed by atoms with Crippen LogP contribution in [0.2, 0.25) is 0 Å². The minimum Gasteiger partial charge on any atom is -0.383 e. The number of fused-ring (bicyclic) bond motifs is 2. The fourth-order valence-corrected chi connectivity index (χ4v) is 7.30. The first kappa shape index (κ1) is 33.9. The van der Waals surface area contributed by atoms with Crippen LogP contribution in [-0.2, 0) is 46.7 Å². The number of hydrogen-bond donors (Lipinski definition) is 6. The number of nitrogens with one attached hydrogen (secondary N) is 1. The molecule has 24 heteroatoms. The summed E-state index contributed by atoms with van der Waals surface area (Å²) in [7, 11) is 0. The second kappa shape index (κ2) is 12.5. The number of anilines is 2. The number of alkyl halides is 1. The van der Waals surface area contributed by atoms with E-state index in [1.54, 1.807) is 0 Å². The normalized spacial score (nSPS) is 27.8. The predicted molar refractivity (Wildman–Crippen MR) is 166 cm³/mol. The molecule has 2 aliphatic heterocycles. The fourth-order valence-electron chi connectivity index (χ4n) is 5.32. The first-order valence-corrected chi connectivity index (χ1v) is 18.6. The van der Waals surface area contributed by atoms with Gasteiger partial charge in [0.1, 0.15) is 43.0 Å². The molecular weight excluding hydrogens is 710 g/mol. The summed E-state index contributed by atoms with van der Waals surface area (Å²) >= 11 is 9.74. The Morgan fingerprint density at radius 1 is 1.17 bits per heavy atom. The number of nitrogen functional groups attached to an aromatic ring is 2. The number of aromatic amines is 1. The maximum atomic E-state index is 15.1. The number of nitrogens with zero attached hydrogens (tertiary/aromatic N) is 6. The van der Waals surface area contributed by atoms with Crippen molar-refractivity contribution < 1.29 is 46.5 Å². The summed E-state index contributed by atoms with van der Waals surface area (Å²) in [6, 6.07) is 0. The molecule has 6 heterocycles. The number of nitrogens with two attached hydrogens (primary N) is 2. The van der Waals surface area contributed by atoms with E-state index in [0.29, 0.717) is 0 Å². The quantitative estimate of drug-likeness (QED) is 0.0965. The molecule has 4 aromatic rings. The molecule has 47 heavy (non-hydrogen) atoms. The van der Waals surface area contributed by atoms with Crippen LogP contribution in [0.1, 0.15) is 25.3 Å². The van der Waals surface area contributed by atoms with E-state index in [1.807, 2.05) is 0 Å². The van der Waals surface area contributed by atoms with Crippen molar-refractivity contribution in [3.63, 3.8) is 0 Å². The van der Waals surface area contributed by atoms with Gasteiger partial charge < -0.3 is 53.8 Å². The summed E-state index contributed by atoms with van der Waals surface area (Å²) < 4.78 is 60.5. The van der Waals surface area contributed by atoms with Crippen molar-refractivity contribution in [2.24, 2.45) is 0 Å². The van der Waals surface area contributed by atoms with Crippen LogP contribution in [-0.4, -0.2) is 85.9 Å². The van der Waals surface area contributed by atoms with Gasteiger partial charge in [-0.1, -0.05) is 5.92 Å². The standard InChI is InChI=1S/C23H25F2N9O9P2S2/c1-2-23(7-40-44(36,37)46)13(4-15(42-23)33-5-11(25)16-18(26)28-8-29-19(16)33)43-45(38,47)39-6-12-10(24)3-14(41-12)34-9-30-17-20(34)31-22(27)32-21(17)35/h1,5,8-10,12-15H,3-4,6-7H2,(H,38,47)(H2,26,28,29)(H2,36,37,46)(H3,27,31,32,35)/t10-,12+,13-,14+,15+,23+,45?/m0/s1. The molecule has 6 rings (SSSR count). The predicted octanol–water partition coefficient (Wildman–Crippen LogP) is 0.629. The molecule has 2 saturated heterocycles. The molecule has 4 aromatic heterocycles.